The van der Waals surface area contributed by atoms with E-state index in [1.165, 1.54) is 30.4 Å². The van der Waals surface area contributed by atoms with Crippen LogP contribution in [0.15, 0.2) is 17.1 Å². The minimum absolute atomic E-state index is 0.00603. The highest BCUT2D eigenvalue weighted by Gasteiger charge is 2.20. The lowest BCUT2D eigenvalue weighted by atomic mass is 9.86. The lowest BCUT2D eigenvalue weighted by Crippen LogP contribution is -2.40. The van der Waals surface area contributed by atoms with Crippen LogP contribution in [0.1, 0.15) is 38.2 Å². The number of rotatable bonds is 4. The van der Waals surface area contributed by atoms with Gasteiger partial charge in [0.2, 0.25) is 0 Å². The van der Waals surface area contributed by atoms with Gasteiger partial charge in [0.05, 0.1) is 12.7 Å². The van der Waals surface area contributed by atoms with E-state index in [4.69, 9.17) is 0 Å². The van der Waals surface area contributed by atoms with Crippen LogP contribution in [0.4, 0.5) is 0 Å². The lowest BCUT2D eigenvalue weighted by molar-refractivity contribution is 0.276. The van der Waals surface area contributed by atoms with Crippen LogP contribution < -0.4 is 10.9 Å². The van der Waals surface area contributed by atoms with Gasteiger partial charge >= 0.3 is 0 Å². The molecule has 0 aromatic carbocycles. The molecule has 2 atom stereocenters. The van der Waals surface area contributed by atoms with Gasteiger partial charge in [-0.05, 0) is 31.2 Å². The predicted molar refractivity (Wildman–Crippen MR) is 72.7 cm³/mol. The molecule has 1 aliphatic carbocycles. The molecule has 1 saturated carbocycles. The summed E-state index contributed by atoms with van der Waals surface area (Å²) in [6, 6.07) is 2.25. The maximum absolute atomic E-state index is 11.7. The highest BCUT2D eigenvalue weighted by molar-refractivity contribution is 5.02. The van der Waals surface area contributed by atoms with Crippen LogP contribution in [0, 0.1) is 12.8 Å². The molecule has 4 nitrogen and oxygen atoms in total. The summed E-state index contributed by atoms with van der Waals surface area (Å²) in [4.78, 5) is 11.7. The van der Waals surface area contributed by atoms with Crippen LogP contribution in [0.5, 0.6) is 0 Å². The van der Waals surface area contributed by atoms with Crippen molar-refractivity contribution >= 4 is 0 Å². The van der Waals surface area contributed by atoms with Gasteiger partial charge < -0.3 is 5.32 Å². The first-order valence-electron chi connectivity index (χ1n) is 6.94. The average molecular weight is 249 g/mol. The summed E-state index contributed by atoms with van der Waals surface area (Å²) in [5.41, 5.74) is 0.915. The van der Waals surface area contributed by atoms with Gasteiger partial charge in [0.25, 0.3) is 5.56 Å². The summed E-state index contributed by atoms with van der Waals surface area (Å²) in [7, 11) is 0. The zero-order valence-corrected chi connectivity index (χ0v) is 11.4. The number of aromatic nitrogens is 2. The predicted octanol–water partition coefficient (Wildman–Crippen LogP) is 1.72. The van der Waals surface area contributed by atoms with Crippen LogP contribution in [0.3, 0.4) is 0 Å². The van der Waals surface area contributed by atoms with Gasteiger partial charge in [-0.15, -0.1) is 0 Å². The van der Waals surface area contributed by atoms with E-state index < -0.39 is 0 Å². The van der Waals surface area contributed by atoms with Crippen LogP contribution in [0.2, 0.25) is 0 Å². The Morgan fingerprint density at radius 1 is 1.44 bits per heavy atom. The van der Waals surface area contributed by atoms with E-state index in [1.54, 1.807) is 12.3 Å². The fourth-order valence-corrected chi connectivity index (χ4v) is 2.67. The van der Waals surface area contributed by atoms with Crippen molar-refractivity contribution in [1.82, 2.24) is 15.1 Å². The Labute approximate surface area is 108 Å². The molecule has 1 aromatic rings. The molecule has 1 aliphatic rings. The zero-order chi connectivity index (χ0) is 13.0. The quantitative estimate of drug-likeness (QED) is 0.884. The molecule has 100 valence electrons. The first-order chi connectivity index (χ1) is 8.66. The first-order valence-corrected chi connectivity index (χ1v) is 6.94. The number of hydrogen-bond acceptors (Lipinski definition) is 3. The number of hydrogen-bond donors (Lipinski definition) is 1. The van der Waals surface area contributed by atoms with Gasteiger partial charge in [0, 0.05) is 18.7 Å². The van der Waals surface area contributed by atoms with Crippen molar-refractivity contribution in [3.8, 4) is 0 Å². The molecule has 0 aliphatic heterocycles. The van der Waals surface area contributed by atoms with Crippen LogP contribution >= 0.6 is 0 Å². The number of nitrogens with zero attached hydrogens (tertiary/aromatic N) is 2. The molecule has 4 heteroatoms. The van der Waals surface area contributed by atoms with Crippen molar-refractivity contribution in [2.45, 2.75) is 52.1 Å². The Kier molecular flexibility index (Phi) is 4.53. The van der Waals surface area contributed by atoms with Gasteiger partial charge in [0.15, 0.2) is 0 Å². The molecular formula is C14H23N3O. The smallest absolute Gasteiger partial charge is 0.267 e. The Hall–Kier alpha value is -1.16. The molecule has 1 fully saturated rings. The largest absolute Gasteiger partial charge is 0.312 e. The Morgan fingerprint density at radius 2 is 2.22 bits per heavy atom. The van der Waals surface area contributed by atoms with Crippen LogP contribution in [-0.2, 0) is 6.54 Å². The van der Waals surface area contributed by atoms with Crippen molar-refractivity contribution in [3.63, 3.8) is 0 Å². The van der Waals surface area contributed by atoms with Crippen LogP contribution in [-0.4, -0.2) is 22.4 Å². The highest BCUT2D eigenvalue weighted by atomic mass is 16.1. The van der Waals surface area contributed by atoms with Crippen molar-refractivity contribution in [2.24, 2.45) is 5.92 Å². The molecule has 0 bridgehead atoms. The molecule has 0 amide bonds. The number of nitrogens with one attached hydrogen (secondary N) is 1. The van der Waals surface area contributed by atoms with E-state index >= 15 is 0 Å². The van der Waals surface area contributed by atoms with Gasteiger partial charge in [-0.1, -0.05) is 19.8 Å². The van der Waals surface area contributed by atoms with Gasteiger partial charge in [-0.25, -0.2) is 4.68 Å². The first kappa shape index (κ1) is 13.3. The lowest BCUT2D eigenvalue weighted by Gasteiger charge is -2.29. The maximum atomic E-state index is 11.7. The summed E-state index contributed by atoms with van der Waals surface area (Å²) < 4.78 is 1.54. The van der Waals surface area contributed by atoms with Crippen molar-refractivity contribution in [2.75, 3.05) is 6.54 Å². The molecule has 1 heterocycles. The monoisotopic (exact) mass is 249 g/mol. The Bertz CT molecular complexity index is 441. The molecule has 2 rings (SSSR count). The maximum Gasteiger partial charge on any atom is 0.267 e. The summed E-state index contributed by atoms with van der Waals surface area (Å²) in [6.07, 6.45) is 7.01. The Morgan fingerprint density at radius 3 is 2.94 bits per heavy atom. The summed E-state index contributed by atoms with van der Waals surface area (Å²) in [5.74, 6) is 0.751. The second-order valence-electron chi connectivity index (χ2n) is 5.42. The molecule has 1 N–H and O–H groups in total. The fraction of sp³-hybridized carbons (Fsp3) is 0.714. The normalized spacial score (nSPS) is 24.1. The van der Waals surface area contributed by atoms with E-state index in [1.807, 2.05) is 6.92 Å². The standard InChI is InChI=1S/C14H23N3O/c1-11-9-14(18)17(16-10-11)8-7-15-13-6-4-3-5-12(13)2/h9-10,12-13,15H,3-8H2,1-2H3. The van der Waals surface area contributed by atoms with Crippen molar-refractivity contribution in [1.29, 1.82) is 0 Å². The van der Waals surface area contributed by atoms with E-state index in [9.17, 15) is 4.79 Å². The summed E-state index contributed by atoms with van der Waals surface area (Å²) in [5, 5.41) is 7.71. The number of aryl methyl sites for hydroxylation is 1. The van der Waals surface area contributed by atoms with Gasteiger partial charge in [-0.2, -0.15) is 5.10 Å². The molecule has 0 radical (unpaired) electrons. The second kappa shape index (κ2) is 6.14. The van der Waals surface area contributed by atoms with Gasteiger partial charge in [0.1, 0.15) is 0 Å². The minimum atomic E-state index is -0.00603. The fourth-order valence-electron chi connectivity index (χ4n) is 2.67. The van der Waals surface area contributed by atoms with Crippen LogP contribution in [0.25, 0.3) is 0 Å². The Balaban J connectivity index is 1.82. The van der Waals surface area contributed by atoms with E-state index in [0.29, 0.717) is 12.6 Å². The highest BCUT2D eigenvalue weighted by Crippen LogP contribution is 2.23. The van der Waals surface area contributed by atoms with E-state index in [-0.39, 0.29) is 5.56 Å². The second-order valence-corrected chi connectivity index (χ2v) is 5.42. The average Bonchev–Trinajstić information content (AvgIpc) is 2.34. The topological polar surface area (TPSA) is 46.9 Å². The summed E-state index contributed by atoms with van der Waals surface area (Å²) >= 11 is 0. The molecule has 1 aromatic heterocycles. The molecule has 18 heavy (non-hydrogen) atoms. The molecule has 0 saturated heterocycles. The molecular weight excluding hydrogens is 226 g/mol. The van der Waals surface area contributed by atoms with E-state index in [0.717, 1.165) is 18.0 Å². The van der Waals surface area contributed by atoms with Gasteiger partial charge in [-0.3, -0.25) is 4.79 Å². The molecule has 0 spiro atoms. The zero-order valence-electron chi connectivity index (χ0n) is 11.4. The minimum Gasteiger partial charge on any atom is -0.312 e. The SMILES string of the molecule is Cc1cnn(CCNC2CCCCC2C)c(=O)c1. The third-order valence-electron chi connectivity index (χ3n) is 3.85. The van der Waals surface area contributed by atoms with E-state index in [2.05, 4.69) is 17.3 Å². The third-order valence-corrected chi connectivity index (χ3v) is 3.85. The molecule has 2 unspecified atom stereocenters. The third kappa shape index (κ3) is 3.42. The van der Waals surface area contributed by atoms with Crippen molar-refractivity contribution < 1.29 is 0 Å². The summed E-state index contributed by atoms with van der Waals surface area (Å²) in [6.45, 7) is 5.68. The van der Waals surface area contributed by atoms with Crippen molar-refractivity contribution in [3.05, 3.63) is 28.2 Å².